The highest BCUT2D eigenvalue weighted by molar-refractivity contribution is 9.10. The molecular formula is C10H11BrN4O. The van der Waals surface area contributed by atoms with Crippen LogP contribution in [0.4, 0.5) is 0 Å². The Labute approximate surface area is 101 Å². The third-order valence-electron chi connectivity index (χ3n) is 2.37. The van der Waals surface area contributed by atoms with Crippen LogP contribution in [-0.2, 0) is 7.05 Å². The van der Waals surface area contributed by atoms with Crippen LogP contribution in [0.15, 0.2) is 10.7 Å². The first-order chi connectivity index (χ1) is 7.54. The summed E-state index contributed by atoms with van der Waals surface area (Å²) in [6.07, 6.45) is 2.46. The molecule has 5 nitrogen and oxygen atoms in total. The molecule has 84 valence electrons. The molecule has 0 saturated heterocycles. The van der Waals surface area contributed by atoms with Crippen molar-refractivity contribution in [1.82, 2.24) is 19.6 Å². The van der Waals surface area contributed by atoms with Crippen molar-refractivity contribution in [3.63, 3.8) is 0 Å². The van der Waals surface area contributed by atoms with Crippen molar-refractivity contribution in [2.24, 2.45) is 7.05 Å². The molecule has 0 aliphatic carbocycles. The SMILES string of the molecule is Cc1nn(-c2nn(C)cc2C=O)c(C)c1Br. The average Bonchev–Trinajstić information content (AvgIpc) is 2.74. The number of hydrogen-bond acceptors (Lipinski definition) is 3. The molecule has 0 aliphatic heterocycles. The van der Waals surface area contributed by atoms with Gasteiger partial charge in [0, 0.05) is 13.2 Å². The predicted molar refractivity (Wildman–Crippen MR) is 62.9 cm³/mol. The van der Waals surface area contributed by atoms with Crippen molar-refractivity contribution in [1.29, 1.82) is 0 Å². The van der Waals surface area contributed by atoms with Crippen molar-refractivity contribution in [3.05, 3.63) is 27.6 Å². The second-order valence-corrected chi connectivity index (χ2v) is 4.39. The minimum Gasteiger partial charge on any atom is -0.298 e. The van der Waals surface area contributed by atoms with Crippen molar-refractivity contribution in [2.45, 2.75) is 13.8 Å². The maximum atomic E-state index is 10.9. The molecule has 0 aliphatic rings. The predicted octanol–water partition coefficient (Wildman–Crippen LogP) is 1.80. The van der Waals surface area contributed by atoms with E-state index in [9.17, 15) is 4.79 Å². The summed E-state index contributed by atoms with van der Waals surface area (Å²) in [5.41, 5.74) is 2.33. The summed E-state index contributed by atoms with van der Waals surface area (Å²) in [5.74, 6) is 0.559. The van der Waals surface area contributed by atoms with Crippen LogP contribution in [0.3, 0.4) is 0 Å². The Morgan fingerprint density at radius 1 is 1.38 bits per heavy atom. The molecule has 0 bridgehead atoms. The van der Waals surface area contributed by atoms with Gasteiger partial charge in [0.25, 0.3) is 0 Å². The molecule has 0 atom stereocenters. The first-order valence-electron chi connectivity index (χ1n) is 4.75. The Kier molecular flexibility index (Phi) is 2.67. The van der Waals surface area contributed by atoms with Crippen LogP contribution in [0.25, 0.3) is 5.82 Å². The Hall–Kier alpha value is -1.43. The maximum Gasteiger partial charge on any atom is 0.185 e. The van der Waals surface area contributed by atoms with Gasteiger partial charge in [0.2, 0.25) is 0 Å². The first kappa shape index (κ1) is 11.1. The number of aromatic nitrogens is 4. The van der Waals surface area contributed by atoms with E-state index in [4.69, 9.17) is 0 Å². The van der Waals surface area contributed by atoms with Gasteiger partial charge in [0.15, 0.2) is 12.1 Å². The van der Waals surface area contributed by atoms with E-state index in [0.717, 1.165) is 22.1 Å². The van der Waals surface area contributed by atoms with Crippen LogP contribution < -0.4 is 0 Å². The van der Waals surface area contributed by atoms with E-state index in [-0.39, 0.29) is 0 Å². The number of aryl methyl sites for hydroxylation is 2. The third-order valence-corrected chi connectivity index (χ3v) is 3.51. The van der Waals surface area contributed by atoms with Gasteiger partial charge in [-0.2, -0.15) is 10.2 Å². The van der Waals surface area contributed by atoms with Crippen molar-refractivity contribution >= 4 is 22.2 Å². The molecule has 0 fully saturated rings. The van der Waals surface area contributed by atoms with Gasteiger partial charge in [-0.15, -0.1) is 0 Å². The maximum absolute atomic E-state index is 10.9. The van der Waals surface area contributed by atoms with E-state index >= 15 is 0 Å². The van der Waals surface area contributed by atoms with Gasteiger partial charge in [-0.1, -0.05) is 0 Å². The van der Waals surface area contributed by atoms with E-state index in [1.807, 2.05) is 13.8 Å². The summed E-state index contributed by atoms with van der Waals surface area (Å²) < 4.78 is 4.21. The van der Waals surface area contributed by atoms with Crippen LogP contribution in [-0.4, -0.2) is 25.8 Å². The van der Waals surface area contributed by atoms with Gasteiger partial charge >= 0.3 is 0 Å². The molecule has 0 N–H and O–H groups in total. The number of rotatable bonds is 2. The Morgan fingerprint density at radius 3 is 2.56 bits per heavy atom. The van der Waals surface area contributed by atoms with Gasteiger partial charge in [0.05, 0.1) is 21.4 Å². The lowest BCUT2D eigenvalue weighted by Crippen LogP contribution is -2.03. The fourth-order valence-corrected chi connectivity index (χ4v) is 1.82. The molecule has 2 aromatic rings. The van der Waals surface area contributed by atoms with E-state index in [0.29, 0.717) is 11.4 Å². The largest absolute Gasteiger partial charge is 0.298 e. The van der Waals surface area contributed by atoms with Crippen molar-refractivity contribution in [2.75, 3.05) is 0 Å². The number of hydrogen-bond donors (Lipinski definition) is 0. The lowest BCUT2D eigenvalue weighted by atomic mass is 10.3. The number of nitrogens with zero attached hydrogens (tertiary/aromatic N) is 4. The molecule has 0 amide bonds. The highest BCUT2D eigenvalue weighted by atomic mass is 79.9. The summed E-state index contributed by atoms with van der Waals surface area (Å²) in [7, 11) is 1.78. The highest BCUT2D eigenvalue weighted by Crippen LogP contribution is 2.23. The summed E-state index contributed by atoms with van der Waals surface area (Å²) >= 11 is 3.44. The zero-order chi connectivity index (χ0) is 11.9. The van der Waals surface area contributed by atoms with Crippen LogP contribution in [0.5, 0.6) is 0 Å². The van der Waals surface area contributed by atoms with Gasteiger partial charge in [-0.3, -0.25) is 9.48 Å². The van der Waals surface area contributed by atoms with Crippen LogP contribution in [0, 0.1) is 13.8 Å². The van der Waals surface area contributed by atoms with Crippen LogP contribution in [0.2, 0.25) is 0 Å². The number of carbonyl (C=O) groups is 1. The first-order valence-corrected chi connectivity index (χ1v) is 5.54. The molecule has 2 heterocycles. The fourth-order valence-electron chi connectivity index (χ4n) is 1.57. The Morgan fingerprint density at radius 2 is 2.06 bits per heavy atom. The molecule has 0 saturated carbocycles. The zero-order valence-electron chi connectivity index (χ0n) is 9.23. The van der Waals surface area contributed by atoms with E-state index in [1.165, 1.54) is 0 Å². The molecule has 0 unspecified atom stereocenters. The summed E-state index contributed by atoms with van der Waals surface area (Å²) in [4.78, 5) is 10.9. The Balaban J connectivity index is 2.66. The van der Waals surface area contributed by atoms with Gasteiger partial charge in [0.1, 0.15) is 0 Å². The fraction of sp³-hybridized carbons (Fsp3) is 0.300. The lowest BCUT2D eigenvalue weighted by molar-refractivity contribution is 0.112. The molecule has 16 heavy (non-hydrogen) atoms. The molecule has 0 radical (unpaired) electrons. The van der Waals surface area contributed by atoms with Gasteiger partial charge < -0.3 is 0 Å². The smallest absolute Gasteiger partial charge is 0.185 e. The number of halogens is 1. The molecule has 0 aromatic carbocycles. The summed E-state index contributed by atoms with van der Waals surface area (Å²) in [6, 6.07) is 0. The second-order valence-electron chi connectivity index (χ2n) is 3.60. The summed E-state index contributed by atoms with van der Waals surface area (Å²) in [5, 5.41) is 8.57. The normalized spacial score (nSPS) is 10.8. The zero-order valence-corrected chi connectivity index (χ0v) is 10.8. The molecule has 2 rings (SSSR count). The van der Waals surface area contributed by atoms with Gasteiger partial charge in [-0.05, 0) is 29.8 Å². The Bertz CT molecular complexity index is 555. The lowest BCUT2D eigenvalue weighted by Gasteiger charge is -2.00. The van der Waals surface area contributed by atoms with Crippen LogP contribution >= 0.6 is 15.9 Å². The third kappa shape index (κ3) is 1.59. The average molecular weight is 283 g/mol. The topological polar surface area (TPSA) is 52.7 Å². The van der Waals surface area contributed by atoms with Crippen molar-refractivity contribution in [3.8, 4) is 5.82 Å². The van der Waals surface area contributed by atoms with Crippen LogP contribution in [0.1, 0.15) is 21.7 Å². The second kappa shape index (κ2) is 3.86. The van der Waals surface area contributed by atoms with Crippen molar-refractivity contribution < 1.29 is 4.79 Å². The molecule has 2 aromatic heterocycles. The monoisotopic (exact) mass is 282 g/mol. The molecule has 6 heteroatoms. The highest BCUT2D eigenvalue weighted by Gasteiger charge is 2.15. The van der Waals surface area contributed by atoms with E-state index in [1.54, 1.807) is 22.6 Å². The minimum atomic E-state index is 0.528. The standard InChI is InChI=1S/C10H11BrN4O/c1-6-9(11)7(2)15(12-6)10-8(5-16)4-14(3)13-10/h4-5H,1-3H3. The van der Waals surface area contributed by atoms with E-state index in [2.05, 4.69) is 26.1 Å². The number of aldehydes is 1. The molecule has 0 spiro atoms. The van der Waals surface area contributed by atoms with E-state index < -0.39 is 0 Å². The quantitative estimate of drug-likeness (QED) is 0.790. The number of carbonyl (C=O) groups excluding carboxylic acids is 1. The minimum absolute atomic E-state index is 0.528. The molecular weight excluding hydrogens is 272 g/mol. The van der Waals surface area contributed by atoms with Gasteiger partial charge in [-0.25, -0.2) is 4.68 Å². The summed E-state index contributed by atoms with van der Waals surface area (Å²) in [6.45, 7) is 3.82.